The number of aryl methyl sites for hydroxylation is 1. The average molecular weight is 273 g/mol. The molecule has 4 heteroatoms. The predicted octanol–water partition coefficient (Wildman–Crippen LogP) is 3.11. The third kappa shape index (κ3) is 2.70. The number of aromatic nitrogens is 2. The van der Waals surface area contributed by atoms with Gasteiger partial charge in [-0.25, -0.2) is 0 Å². The van der Waals surface area contributed by atoms with Crippen molar-refractivity contribution in [3.8, 4) is 5.75 Å². The van der Waals surface area contributed by atoms with Crippen LogP contribution in [-0.2, 0) is 6.54 Å². The maximum atomic E-state index is 6.54. The van der Waals surface area contributed by atoms with Gasteiger partial charge >= 0.3 is 0 Å². The molecule has 2 rings (SSSR count). The predicted molar refractivity (Wildman–Crippen MR) is 80.9 cm³/mol. The van der Waals surface area contributed by atoms with Crippen LogP contribution in [-0.4, -0.2) is 16.9 Å². The maximum Gasteiger partial charge on any atom is 0.161 e. The molecule has 108 valence electrons. The van der Waals surface area contributed by atoms with Crippen molar-refractivity contribution in [1.82, 2.24) is 9.78 Å². The van der Waals surface area contributed by atoms with Crippen molar-refractivity contribution in [3.63, 3.8) is 0 Å². The summed E-state index contributed by atoms with van der Waals surface area (Å²) in [5.41, 5.74) is 8.77. The van der Waals surface area contributed by atoms with Gasteiger partial charge in [-0.05, 0) is 18.9 Å². The van der Waals surface area contributed by atoms with Gasteiger partial charge in [0.25, 0.3) is 0 Å². The van der Waals surface area contributed by atoms with E-state index in [4.69, 9.17) is 10.5 Å². The standard InChI is InChI=1S/C16H23N3O/c1-4-13(12-9-7-6-8-10-12)15(17)16-14(20-3)11-18-19(16)5-2/h6-11,13,15H,4-5,17H2,1-3H3. The van der Waals surface area contributed by atoms with E-state index in [-0.39, 0.29) is 12.0 Å². The zero-order chi connectivity index (χ0) is 14.5. The summed E-state index contributed by atoms with van der Waals surface area (Å²) in [5, 5.41) is 4.35. The highest BCUT2D eigenvalue weighted by atomic mass is 16.5. The van der Waals surface area contributed by atoms with Gasteiger partial charge in [0, 0.05) is 12.5 Å². The van der Waals surface area contributed by atoms with E-state index in [9.17, 15) is 0 Å². The lowest BCUT2D eigenvalue weighted by Crippen LogP contribution is -2.23. The van der Waals surface area contributed by atoms with Gasteiger partial charge in [0.2, 0.25) is 0 Å². The van der Waals surface area contributed by atoms with E-state index < -0.39 is 0 Å². The van der Waals surface area contributed by atoms with Crippen LogP contribution in [0.15, 0.2) is 36.5 Å². The van der Waals surface area contributed by atoms with E-state index in [2.05, 4.69) is 43.2 Å². The molecule has 1 heterocycles. The second-order valence-corrected chi connectivity index (χ2v) is 4.87. The molecule has 2 N–H and O–H groups in total. The fourth-order valence-electron chi connectivity index (χ4n) is 2.71. The molecular weight excluding hydrogens is 250 g/mol. The quantitative estimate of drug-likeness (QED) is 0.880. The minimum absolute atomic E-state index is 0.125. The number of nitrogens with zero attached hydrogens (tertiary/aromatic N) is 2. The van der Waals surface area contributed by atoms with E-state index in [1.54, 1.807) is 13.3 Å². The molecule has 0 aliphatic carbocycles. The molecule has 0 spiro atoms. The molecule has 0 amide bonds. The first-order valence-electron chi connectivity index (χ1n) is 7.13. The second-order valence-electron chi connectivity index (χ2n) is 4.87. The zero-order valence-corrected chi connectivity index (χ0v) is 12.4. The van der Waals surface area contributed by atoms with Crippen LogP contribution in [0.2, 0.25) is 0 Å². The van der Waals surface area contributed by atoms with E-state index in [0.717, 1.165) is 24.4 Å². The first kappa shape index (κ1) is 14.6. The number of rotatable bonds is 6. The number of nitrogens with two attached hydrogens (primary N) is 1. The normalized spacial score (nSPS) is 14.0. The molecule has 1 aromatic carbocycles. The summed E-state index contributed by atoms with van der Waals surface area (Å²) in [4.78, 5) is 0. The first-order valence-corrected chi connectivity index (χ1v) is 7.13. The van der Waals surface area contributed by atoms with Gasteiger partial charge < -0.3 is 10.5 Å². The summed E-state index contributed by atoms with van der Waals surface area (Å²) in [6, 6.07) is 10.3. The van der Waals surface area contributed by atoms with Gasteiger partial charge in [0.1, 0.15) is 0 Å². The Bertz CT molecular complexity index is 514. The lowest BCUT2D eigenvalue weighted by atomic mass is 9.87. The van der Waals surface area contributed by atoms with Crippen LogP contribution in [0.25, 0.3) is 0 Å². The Labute approximate surface area is 120 Å². The van der Waals surface area contributed by atoms with Crippen molar-refractivity contribution in [3.05, 3.63) is 47.8 Å². The molecule has 0 saturated heterocycles. The molecule has 4 nitrogen and oxygen atoms in total. The first-order chi connectivity index (χ1) is 9.72. The molecule has 2 atom stereocenters. The third-order valence-corrected chi connectivity index (χ3v) is 3.78. The molecule has 2 aromatic rings. The van der Waals surface area contributed by atoms with Gasteiger partial charge in [0.15, 0.2) is 5.75 Å². The van der Waals surface area contributed by atoms with Gasteiger partial charge in [-0.15, -0.1) is 0 Å². The molecule has 1 aromatic heterocycles. The van der Waals surface area contributed by atoms with Crippen molar-refractivity contribution in [1.29, 1.82) is 0 Å². The van der Waals surface area contributed by atoms with Crippen LogP contribution in [0, 0.1) is 0 Å². The van der Waals surface area contributed by atoms with Crippen LogP contribution in [0.5, 0.6) is 5.75 Å². The number of methoxy groups -OCH3 is 1. The lowest BCUT2D eigenvalue weighted by Gasteiger charge is -2.24. The molecule has 0 aliphatic rings. The maximum absolute atomic E-state index is 6.54. The van der Waals surface area contributed by atoms with Gasteiger partial charge in [-0.3, -0.25) is 4.68 Å². The largest absolute Gasteiger partial charge is 0.493 e. The summed E-state index contributed by atoms with van der Waals surface area (Å²) >= 11 is 0. The summed E-state index contributed by atoms with van der Waals surface area (Å²) in [5.74, 6) is 1.03. The molecule has 0 saturated carbocycles. The van der Waals surface area contributed by atoms with E-state index >= 15 is 0 Å². The van der Waals surface area contributed by atoms with Gasteiger partial charge in [0.05, 0.1) is 25.0 Å². The van der Waals surface area contributed by atoms with Gasteiger partial charge in [-0.2, -0.15) is 5.10 Å². The lowest BCUT2D eigenvalue weighted by molar-refractivity contribution is 0.392. The zero-order valence-electron chi connectivity index (χ0n) is 12.4. The SMILES string of the molecule is CCC(c1ccccc1)C(N)c1c(OC)cnn1CC. The van der Waals surface area contributed by atoms with Gasteiger partial charge in [-0.1, -0.05) is 37.3 Å². The minimum Gasteiger partial charge on any atom is -0.493 e. The Morgan fingerprint density at radius 1 is 1.25 bits per heavy atom. The summed E-state index contributed by atoms with van der Waals surface area (Å²) in [7, 11) is 1.66. The molecule has 20 heavy (non-hydrogen) atoms. The van der Waals surface area contributed by atoms with Crippen molar-refractivity contribution in [2.75, 3.05) is 7.11 Å². The van der Waals surface area contributed by atoms with E-state index in [1.807, 2.05) is 10.7 Å². The highest BCUT2D eigenvalue weighted by Crippen LogP contribution is 2.35. The Morgan fingerprint density at radius 2 is 1.95 bits per heavy atom. The highest BCUT2D eigenvalue weighted by molar-refractivity contribution is 5.32. The third-order valence-electron chi connectivity index (χ3n) is 3.78. The Kier molecular flexibility index (Phi) is 4.79. The molecule has 0 bridgehead atoms. The van der Waals surface area contributed by atoms with Crippen molar-refractivity contribution in [2.24, 2.45) is 5.73 Å². The Morgan fingerprint density at radius 3 is 2.50 bits per heavy atom. The molecule has 0 radical (unpaired) electrons. The van der Waals surface area contributed by atoms with Crippen LogP contribution in [0.1, 0.15) is 43.5 Å². The Balaban J connectivity index is 2.38. The Hall–Kier alpha value is -1.81. The van der Waals surface area contributed by atoms with Crippen molar-refractivity contribution < 1.29 is 4.74 Å². The summed E-state index contributed by atoms with van der Waals surface area (Å²) in [6.45, 7) is 5.01. The number of ether oxygens (including phenoxy) is 1. The van der Waals surface area contributed by atoms with Crippen LogP contribution >= 0.6 is 0 Å². The smallest absolute Gasteiger partial charge is 0.161 e. The molecular formula is C16H23N3O. The summed E-state index contributed by atoms with van der Waals surface area (Å²) in [6.07, 6.45) is 2.72. The number of hydrogen-bond acceptors (Lipinski definition) is 3. The van der Waals surface area contributed by atoms with Crippen molar-refractivity contribution >= 4 is 0 Å². The van der Waals surface area contributed by atoms with Crippen LogP contribution < -0.4 is 10.5 Å². The fraction of sp³-hybridized carbons (Fsp3) is 0.438. The van der Waals surface area contributed by atoms with Crippen molar-refractivity contribution in [2.45, 2.75) is 38.8 Å². The monoisotopic (exact) mass is 273 g/mol. The van der Waals surface area contributed by atoms with E-state index in [0.29, 0.717) is 0 Å². The average Bonchev–Trinajstić information content (AvgIpc) is 2.92. The molecule has 2 unspecified atom stereocenters. The number of hydrogen-bond donors (Lipinski definition) is 1. The number of benzene rings is 1. The topological polar surface area (TPSA) is 53.1 Å². The fourth-order valence-corrected chi connectivity index (χ4v) is 2.71. The molecule has 0 fully saturated rings. The minimum atomic E-state index is -0.125. The highest BCUT2D eigenvalue weighted by Gasteiger charge is 2.26. The van der Waals surface area contributed by atoms with E-state index in [1.165, 1.54) is 5.56 Å². The second kappa shape index (κ2) is 6.57. The van der Waals surface area contributed by atoms with Crippen LogP contribution in [0.3, 0.4) is 0 Å². The van der Waals surface area contributed by atoms with Crippen LogP contribution in [0.4, 0.5) is 0 Å². The summed E-state index contributed by atoms with van der Waals surface area (Å²) < 4.78 is 7.34. The molecule has 0 aliphatic heterocycles.